The molecule has 2 amide bonds. The Morgan fingerprint density at radius 2 is 1.82 bits per heavy atom. The number of hydrogen-bond donors (Lipinski definition) is 2. The molecule has 28 heavy (non-hydrogen) atoms. The van der Waals surface area contributed by atoms with E-state index in [1.165, 1.54) is 23.8 Å². The van der Waals surface area contributed by atoms with E-state index in [4.69, 9.17) is 4.74 Å². The molecule has 0 unspecified atom stereocenters. The normalized spacial score (nSPS) is 10.4. The minimum atomic E-state index is -0.583. The summed E-state index contributed by atoms with van der Waals surface area (Å²) in [6.45, 7) is 4.58. The van der Waals surface area contributed by atoms with Crippen molar-refractivity contribution in [3.05, 3.63) is 69.8 Å². The lowest BCUT2D eigenvalue weighted by Gasteiger charge is -2.10. The average molecular weight is 385 g/mol. The molecule has 0 aromatic heterocycles. The van der Waals surface area contributed by atoms with Crippen molar-refractivity contribution in [1.29, 1.82) is 0 Å². The predicted molar refractivity (Wildman–Crippen MR) is 104 cm³/mol. The van der Waals surface area contributed by atoms with Gasteiger partial charge in [-0.2, -0.15) is 0 Å². The van der Waals surface area contributed by atoms with Gasteiger partial charge in [0.15, 0.2) is 0 Å². The summed E-state index contributed by atoms with van der Waals surface area (Å²) in [6, 6.07) is 13.1. The number of nitrogens with zero attached hydrogens (tertiary/aromatic N) is 1. The number of amides is 2. The Balaban J connectivity index is 1.69. The topological polar surface area (TPSA) is 111 Å². The van der Waals surface area contributed by atoms with E-state index in [2.05, 4.69) is 24.5 Å². The Hall–Kier alpha value is -3.42. The minimum absolute atomic E-state index is 0.121. The third-order valence-electron chi connectivity index (χ3n) is 3.97. The molecule has 2 aromatic carbocycles. The first-order chi connectivity index (χ1) is 13.4. The van der Waals surface area contributed by atoms with Crippen molar-refractivity contribution in [1.82, 2.24) is 10.6 Å². The number of carbonyl (C=O) groups is 2. The smallest absolute Gasteiger partial charge is 0.270 e. The minimum Gasteiger partial charge on any atom is -0.492 e. The van der Waals surface area contributed by atoms with Crippen LogP contribution in [-0.2, 0) is 4.79 Å². The summed E-state index contributed by atoms with van der Waals surface area (Å²) >= 11 is 0. The molecule has 8 heteroatoms. The van der Waals surface area contributed by atoms with Crippen LogP contribution in [0.5, 0.6) is 5.75 Å². The van der Waals surface area contributed by atoms with Crippen LogP contribution in [0.4, 0.5) is 5.69 Å². The van der Waals surface area contributed by atoms with E-state index < -0.39 is 10.8 Å². The summed E-state index contributed by atoms with van der Waals surface area (Å²) < 4.78 is 5.56. The number of nitro groups is 1. The fraction of sp³-hybridized carbons (Fsp3) is 0.300. The second-order valence-electron chi connectivity index (χ2n) is 6.41. The second kappa shape index (κ2) is 10.1. The van der Waals surface area contributed by atoms with Crippen LogP contribution in [0.15, 0.2) is 48.5 Å². The number of carbonyl (C=O) groups excluding carboxylic acids is 2. The van der Waals surface area contributed by atoms with E-state index >= 15 is 0 Å². The van der Waals surface area contributed by atoms with Crippen LogP contribution in [0, 0.1) is 10.1 Å². The molecule has 8 nitrogen and oxygen atoms in total. The SMILES string of the molecule is CC(C)c1ccc(OCCNC(=O)CNC(=O)c2cccc([N+](=O)[O-])c2)cc1. The number of non-ortho nitro benzene ring substituents is 1. The number of benzene rings is 2. The summed E-state index contributed by atoms with van der Waals surface area (Å²) in [4.78, 5) is 33.9. The molecule has 0 aliphatic carbocycles. The first-order valence-electron chi connectivity index (χ1n) is 8.89. The molecule has 0 atom stereocenters. The van der Waals surface area contributed by atoms with E-state index in [0.29, 0.717) is 12.5 Å². The summed E-state index contributed by atoms with van der Waals surface area (Å²) in [6.07, 6.45) is 0. The summed E-state index contributed by atoms with van der Waals surface area (Å²) in [7, 11) is 0. The monoisotopic (exact) mass is 385 g/mol. The molecule has 2 N–H and O–H groups in total. The lowest BCUT2D eigenvalue weighted by molar-refractivity contribution is -0.384. The number of nitro benzene ring substituents is 1. The van der Waals surface area contributed by atoms with Gasteiger partial charge in [-0.15, -0.1) is 0 Å². The Morgan fingerprint density at radius 3 is 2.46 bits per heavy atom. The Kier molecular flexibility index (Phi) is 7.50. The fourth-order valence-corrected chi connectivity index (χ4v) is 2.39. The molecule has 0 radical (unpaired) electrons. The molecule has 0 fully saturated rings. The highest BCUT2D eigenvalue weighted by Gasteiger charge is 2.12. The zero-order valence-electron chi connectivity index (χ0n) is 15.8. The van der Waals surface area contributed by atoms with Crippen LogP contribution in [0.2, 0.25) is 0 Å². The van der Waals surface area contributed by atoms with Gasteiger partial charge >= 0.3 is 0 Å². The van der Waals surface area contributed by atoms with E-state index in [-0.39, 0.29) is 30.2 Å². The zero-order valence-corrected chi connectivity index (χ0v) is 15.8. The van der Waals surface area contributed by atoms with Crippen LogP contribution < -0.4 is 15.4 Å². The lowest BCUT2D eigenvalue weighted by atomic mass is 10.0. The van der Waals surface area contributed by atoms with Crippen LogP contribution in [0.25, 0.3) is 0 Å². The molecule has 0 saturated carbocycles. The van der Waals surface area contributed by atoms with Crippen molar-refractivity contribution in [2.24, 2.45) is 0 Å². The maximum Gasteiger partial charge on any atom is 0.270 e. The Bertz CT molecular complexity index is 834. The predicted octanol–water partition coefficient (Wildman–Crippen LogP) is 2.64. The molecule has 0 aliphatic heterocycles. The molecule has 0 bridgehead atoms. The second-order valence-corrected chi connectivity index (χ2v) is 6.41. The molecule has 2 rings (SSSR count). The third-order valence-corrected chi connectivity index (χ3v) is 3.97. The van der Waals surface area contributed by atoms with Gasteiger partial charge in [0.2, 0.25) is 5.91 Å². The van der Waals surface area contributed by atoms with Crippen molar-refractivity contribution in [3.63, 3.8) is 0 Å². The Labute approximate surface area is 163 Å². The first kappa shape index (κ1) is 20.9. The van der Waals surface area contributed by atoms with Crippen LogP contribution in [0.1, 0.15) is 35.7 Å². The standard InChI is InChI=1S/C20H23N3O5/c1-14(2)15-6-8-18(9-7-15)28-11-10-21-19(24)13-22-20(25)16-4-3-5-17(12-16)23(26)27/h3-9,12,14H,10-11,13H2,1-2H3,(H,21,24)(H,22,25). The van der Waals surface area contributed by atoms with Crippen LogP contribution in [0.3, 0.4) is 0 Å². The van der Waals surface area contributed by atoms with Gasteiger partial charge in [0.1, 0.15) is 12.4 Å². The molecule has 0 aliphatic rings. The zero-order chi connectivity index (χ0) is 20.5. The number of ether oxygens (including phenoxy) is 1. The van der Waals surface area contributed by atoms with Gasteiger partial charge < -0.3 is 15.4 Å². The van der Waals surface area contributed by atoms with E-state index in [9.17, 15) is 19.7 Å². The Morgan fingerprint density at radius 1 is 1.11 bits per heavy atom. The molecule has 0 spiro atoms. The largest absolute Gasteiger partial charge is 0.492 e. The van der Waals surface area contributed by atoms with Crippen LogP contribution >= 0.6 is 0 Å². The van der Waals surface area contributed by atoms with Gasteiger partial charge in [0.25, 0.3) is 11.6 Å². The average Bonchev–Trinajstić information content (AvgIpc) is 2.69. The van der Waals surface area contributed by atoms with E-state index in [1.807, 2.05) is 24.3 Å². The van der Waals surface area contributed by atoms with Gasteiger partial charge in [-0.1, -0.05) is 32.0 Å². The number of nitrogens with one attached hydrogen (secondary N) is 2. The molecular weight excluding hydrogens is 362 g/mol. The van der Waals surface area contributed by atoms with Crippen LogP contribution in [-0.4, -0.2) is 36.4 Å². The molecule has 0 heterocycles. The molecule has 2 aromatic rings. The molecule has 0 saturated heterocycles. The third kappa shape index (κ3) is 6.39. The van der Waals surface area contributed by atoms with Gasteiger partial charge in [0, 0.05) is 17.7 Å². The summed E-state index contributed by atoms with van der Waals surface area (Å²) in [5.74, 6) is 0.237. The van der Waals surface area contributed by atoms with Crippen molar-refractivity contribution in [2.75, 3.05) is 19.7 Å². The van der Waals surface area contributed by atoms with Crippen molar-refractivity contribution in [3.8, 4) is 5.75 Å². The quantitative estimate of drug-likeness (QED) is 0.392. The van der Waals surface area contributed by atoms with Gasteiger partial charge in [-0.05, 0) is 29.7 Å². The molecular formula is C20H23N3O5. The lowest BCUT2D eigenvalue weighted by Crippen LogP contribution is -2.38. The van der Waals surface area contributed by atoms with Crippen molar-refractivity contribution >= 4 is 17.5 Å². The maximum atomic E-state index is 12.0. The molecule has 148 valence electrons. The van der Waals surface area contributed by atoms with Gasteiger partial charge in [-0.3, -0.25) is 19.7 Å². The van der Waals surface area contributed by atoms with Crippen molar-refractivity contribution < 1.29 is 19.2 Å². The van der Waals surface area contributed by atoms with Gasteiger partial charge in [-0.25, -0.2) is 0 Å². The van der Waals surface area contributed by atoms with E-state index in [1.54, 1.807) is 0 Å². The van der Waals surface area contributed by atoms with E-state index in [0.717, 1.165) is 11.8 Å². The number of hydrogen-bond acceptors (Lipinski definition) is 5. The maximum absolute atomic E-state index is 12.0. The highest BCUT2D eigenvalue weighted by molar-refractivity contribution is 5.96. The summed E-state index contributed by atoms with van der Waals surface area (Å²) in [5.41, 5.74) is 1.16. The summed E-state index contributed by atoms with van der Waals surface area (Å²) in [5, 5.41) is 15.8. The first-order valence-corrected chi connectivity index (χ1v) is 8.89. The fourth-order valence-electron chi connectivity index (χ4n) is 2.39. The highest BCUT2D eigenvalue weighted by atomic mass is 16.6. The van der Waals surface area contributed by atoms with Gasteiger partial charge in [0.05, 0.1) is 18.0 Å². The van der Waals surface area contributed by atoms with Crippen molar-refractivity contribution in [2.45, 2.75) is 19.8 Å². The highest BCUT2D eigenvalue weighted by Crippen LogP contribution is 2.18. The number of rotatable bonds is 9.